The van der Waals surface area contributed by atoms with E-state index in [0.29, 0.717) is 28.9 Å². The van der Waals surface area contributed by atoms with Gasteiger partial charge in [0.05, 0.1) is 0 Å². The molecule has 0 saturated heterocycles. The van der Waals surface area contributed by atoms with Crippen molar-refractivity contribution in [1.82, 2.24) is 24.5 Å². The van der Waals surface area contributed by atoms with Gasteiger partial charge in [-0.1, -0.05) is 143 Å². The molecule has 0 atom stereocenters. The van der Waals surface area contributed by atoms with Crippen molar-refractivity contribution in [2.45, 2.75) is 27.7 Å². The van der Waals surface area contributed by atoms with Crippen LogP contribution in [0.4, 0.5) is 0 Å². The van der Waals surface area contributed by atoms with E-state index in [1.807, 2.05) is 65.2 Å². The van der Waals surface area contributed by atoms with Gasteiger partial charge in [-0.25, -0.2) is 9.97 Å². The number of nitrogens with zero attached hydrogens (tertiary/aromatic N) is 5. The van der Waals surface area contributed by atoms with E-state index in [9.17, 15) is 0 Å². The third kappa shape index (κ3) is 8.63. The standard InChI is InChI=1S/C54H37N5O2.Pd.Pt/c1-34-12-16-38(17-13-34)52-36(3)28-40(46-10-5-7-24-55-46)30-50(52)60-42-20-22-44-45-23-21-43(33-49(45)59(48(44)32-42)54-57-26-9-27-58-54)61-51-31-41(47-11-6-8-25-56-47)29-37(4)53(51)39-18-14-35(2)15-19-39;;/h5-29H,1-4H3;;/q-4;2*+2. The smallest absolute Gasteiger partial charge is 0.502 e. The summed E-state index contributed by atoms with van der Waals surface area (Å²) in [5, 5.41) is 1.86. The first-order valence-electron chi connectivity index (χ1n) is 20.0. The number of hydrogen-bond acceptors (Lipinski definition) is 6. The molecule has 9 heteroatoms. The van der Waals surface area contributed by atoms with E-state index in [1.165, 1.54) is 11.1 Å². The van der Waals surface area contributed by atoms with Gasteiger partial charge in [0.1, 0.15) is 0 Å². The van der Waals surface area contributed by atoms with E-state index in [2.05, 4.69) is 133 Å². The molecule has 0 aliphatic rings. The molecule has 0 amide bonds. The molecule has 0 aliphatic carbocycles. The Bertz CT molecular complexity index is 3020. The third-order valence-corrected chi connectivity index (χ3v) is 10.7. The number of rotatable bonds is 9. The number of aromatic nitrogens is 5. The Labute approximate surface area is 394 Å². The first-order chi connectivity index (χ1) is 29.9. The van der Waals surface area contributed by atoms with Crippen LogP contribution in [0.5, 0.6) is 23.0 Å². The Balaban J connectivity index is 0.00000272. The fraction of sp³-hybridized carbons (Fsp3) is 0.0741. The van der Waals surface area contributed by atoms with Crippen LogP contribution in [0.25, 0.3) is 72.5 Å². The van der Waals surface area contributed by atoms with Crippen LogP contribution in [-0.4, -0.2) is 24.5 Å². The first-order valence-corrected chi connectivity index (χ1v) is 20.0. The Morgan fingerprint density at radius 1 is 0.460 bits per heavy atom. The van der Waals surface area contributed by atoms with Gasteiger partial charge in [-0.3, -0.25) is 0 Å². The van der Waals surface area contributed by atoms with Crippen LogP contribution < -0.4 is 9.47 Å². The number of aryl methyl sites for hydroxylation is 4. The van der Waals surface area contributed by atoms with Crippen LogP contribution in [0, 0.1) is 52.0 Å². The molecular weight excluding hydrogens is 1050 g/mol. The van der Waals surface area contributed by atoms with Gasteiger partial charge in [0.25, 0.3) is 0 Å². The molecule has 7 nitrogen and oxygen atoms in total. The molecule has 6 aromatic carbocycles. The first kappa shape index (κ1) is 43.1. The molecule has 0 fully saturated rings. The molecule has 0 aliphatic heterocycles. The average molecular weight is 1090 g/mol. The van der Waals surface area contributed by atoms with Crippen molar-refractivity contribution in [1.29, 1.82) is 0 Å². The summed E-state index contributed by atoms with van der Waals surface area (Å²) >= 11 is 0. The topological polar surface area (TPSA) is 75.0 Å². The second-order valence-corrected chi connectivity index (χ2v) is 15.1. The van der Waals surface area contributed by atoms with Gasteiger partial charge in [0.15, 0.2) is 0 Å². The maximum atomic E-state index is 6.82. The van der Waals surface area contributed by atoms with Crippen molar-refractivity contribution >= 4 is 21.8 Å². The average Bonchev–Trinajstić information content (AvgIpc) is 3.60. The molecule has 0 saturated carbocycles. The Morgan fingerprint density at radius 2 is 0.889 bits per heavy atom. The molecule has 63 heavy (non-hydrogen) atoms. The van der Waals surface area contributed by atoms with Crippen LogP contribution in [0.3, 0.4) is 0 Å². The van der Waals surface area contributed by atoms with Gasteiger partial charge in [-0.2, -0.15) is 22.9 Å². The minimum atomic E-state index is 0. The van der Waals surface area contributed by atoms with E-state index in [1.54, 1.807) is 30.9 Å². The maximum Gasteiger partial charge on any atom is 2.00 e. The zero-order chi connectivity index (χ0) is 41.5. The SMILES string of the molecule is Cc1ccc(-c2c(Oc3[c-]c4c(cc3)c3ccc(Oc5[c-]c(-c6ccccn6)cc(C)c5-c5ccc(C)cc5)[c-]c3n4-c3ncccn3)[c-]c(-c3ccccn3)cc2C)cc1.[Pd+2].[Pt+2]. The van der Waals surface area contributed by atoms with E-state index < -0.39 is 0 Å². The zero-order valence-electron chi connectivity index (χ0n) is 34.6. The zero-order valence-corrected chi connectivity index (χ0v) is 38.4. The van der Waals surface area contributed by atoms with Crippen LogP contribution >= 0.6 is 0 Å². The number of fused-ring (bicyclic) bond motifs is 3. The maximum absolute atomic E-state index is 6.82. The molecule has 0 N–H and O–H groups in total. The van der Waals surface area contributed by atoms with Crippen molar-refractivity contribution in [3.05, 3.63) is 199 Å². The summed E-state index contributed by atoms with van der Waals surface area (Å²) in [4.78, 5) is 18.6. The molecule has 4 aromatic heterocycles. The van der Waals surface area contributed by atoms with Crippen LogP contribution in [-0.2, 0) is 41.5 Å². The largest absolute Gasteiger partial charge is 2.00 e. The van der Waals surface area contributed by atoms with E-state index in [0.717, 1.165) is 77.7 Å². The van der Waals surface area contributed by atoms with Gasteiger partial charge >= 0.3 is 41.5 Å². The van der Waals surface area contributed by atoms with Gasteiger partial charge in [-0.05, 0) is 43.4 Å². The van der Waals surface area contributed by atoms with Crippen LogP contribution in [0.15, 0.2) is 152 Å². The number of hydrogen-bond donors (Lipinski definition) is 0. The molecule has 4 heterocycles. The Morgan fingerprint density at radius 3 is 1.30 bits per heavy atom. The van der Waals surface area contributed by atoms with Gasteiger partial charge < -0.3 is 24.0 Å². The summed E-state index contributed by atoms with van der Waals surface area (Å²) in [6, 6.07) is 56.9. The summed E-state index contributed by atoms with van der Waals surface area (Å²) in [5.41, 5.74) is 13.1. The van der Waals surface area contributed by atoms with Gasteiger partial charge in [0, 0.05) is 47.8 Å². The van der Waals surface area contributed by atoms with Crippen molar-refractivity contribution < 1.29 is 51.0 Å². The third-order valence-electron chi connectivity index (χ3n) is 10.7. The van der Waals surface area contributed by atoms with Crippen LogP contribution in [0.2, 0.25) is 0 Å². The summed E-state index contributed by atoms with van der Waals surface area (Å²) in [6.45, 7) is 8.35. The minimum absolute atomic E-state index is 0. The molecule has 0 unspecified atom stereocenters. The molecule has 310 valence electrons. The molecular formula is C54H37N5O2PdPt. The predicted molar refractivity (Wildman–Crippen MR) is 241 cm³/mol. The van der Waals surface area contributed by atoms with E-state index >= 15 is 0 Å². The molecule has 0 bridgehead atoms. The molecule has 10 aromatic rings. The van der Waals surface area contributed by atoms with Crippen molar-refractivity contribution in [2.75, 3.05) is 0 Å². The molecule has 10 rings (SSSR count). The van der Waals surface area contributed by atoms with Crippen LogP contribution in [0.1, 0.15) is 22.3 Å². The van der Waals surface area contributed by atoms with E-state index in [-0.39, 0.29) is 41.5 Å². The monoisotopic (exact) mass is 1090 g/mol. The van der Waals surface area contributed by atoms with Gasteiger partial charge in [-0.15, -0.1) is 58.7 Å². The number of ether oxygens (including phenoxy) is 2. The number of pyridine rings is 2. The predicted octanol–water partition coefficient (Wildman–Crippen LogP) is 13.0. The second-order valence-electron chi connectivity index (χ2n) is 15.1. The quantitative estimate of drug-likeness (QED) is 0.106. The summed E-state index contributed by atoms with van der Waals surface area (Å²) in [5.74, 6) is 2.62. The normalized spacial score (nSPS) is 10.9. The fourth-order valence-corrected chi connectivity index (χ4v) is 7.78. The fourth-order valence-electron chi connectivity index (χ4n) is 7.78. The Kier molecular flexibility index (Phi) is 12.6. The minimum Gasteiger partial charge on any atom is -0.502 e. The van der Waals surface area contributed by atoms with Crippen molar-refractivity contribution in [3.8, 4) is 73.7 Å². The summed E-state index contributed by atoms with van der Waals surface area (Å²) in [6.07, 6.45) is 7.02. The van der Waals surface area contributed by atoms with Crippen molar-refractivity contribution in [2.24, 2.45) is 0 Å². The number of benzene rings is 6. The molecule has 0 spiro atoms. The van der Waals surface area contributed by atoms with E-state index in [4.69, 9.17) is 9.47 Å². The molecule has 0 radical (unpaired) electrons. The van der Waals surface area contributed by atoms with Crippen molar-refractivity contribution in [3.63, 3.8) is 0 Å². The summed E-state index contributed by atoms with van der Waals surface area (Å²) in [7, 11) is 0. The van der Waals surface area contributed by atoms with Gasteiger partial charge in [0.2, 0.25) is 5.95 Å². The summed E-state index contributed by atoms with van der Waals surface area (Å²) < 4.78 is 15.6. The second kappa shape index (κ2) is 18.4. The Hall–Kier alpha value is -6.55.